The molecule has 0 amide bonds. The quantitative estimate of drug-likeness (QED) is 0.459. The lowest BCUT2D eigenvalue weighted by Gasteiger charge is -2.02. The van der Waals surface area contributed by atoms with Crippen LogP contribution in [-0.2, 0) is 0 Å². The third kappa shape index (κ3) is 5.67. The van der Waals surface area contributed by atoms with Crippen molar-refractivity contribution in [3.63, 3.8) is 0 Å². The number of carbonyl (C=O) groups excluding carboxylic acids is 1. The Kier molecular flexibility index (Phi) is 6.61. The zero-order valence-corrected chi connectivity index (χ0v) is 11.2. The van der Waals surface area contributed by atoms with Crippen LogP contribution in [0.5, 0.6) is 0 Å². The molecule has 0 heterocycles. The molecule has 1 nitrogen and oxygen atoms in total. The number of carbonyl (C=O) groups is 1. The van der Waals surface area contributed by atoms with E-state index < -0.39 is 0 Å². The number of hydrogen-bond donors (Lipinski definition) is 0. The summed E-state index contributed by atoms with van der Waals surface area (Å²) in [6.07, 6.45) is 8.13. The number of rotatable bonds is 8. The highest BCUT2D eigenvalue weighted by Crippen LogP contribution is 2.11. The van der Waals surface area contributed by atoms with E-state index in [-0.39, 0.29) is 0 Å². The lowest BCUT2D eigenvalue weighted by molar-refractivity contribution is 0.0979. The van der Waals surface area contributed by atoms with Crippen LogP contribution in [0.1, 0.15) is 67.8 Å². The molecule has 1 rings (SSSR count). The summed E-state index contributed by atoms with van der Waals surface area (Å²) in [5.74, 6) is 0.292. The van der Waals surface area contributed by atoms with E-state index in [4.69, 9.17) is 0 Å². The molecule has 0 saturated carbocycles. The van der Waals surface area contributed by atoms with Gasteiger partial charge in [0.25, 0.3) is 0 Å². The van der Waals surface area contributed by atoms with E-state index in [0.29, 0.717) is 12.2 Å². The van der Waals surface area contributed by atoms with Gasteiger partial charge in [-0.15, -0.1) is 0 Å². The maximum absolute atomic E-state index is 11.8. The van der Waals surface area contributed by atoms with Crippen LogP contribution in [0.15, 0.2) is 24.3 Å². The second-order valence-corrected chi connectivity index (χ2v) is 4.81. The summed E-state index contributed by atoms with van der Waals surface area (Å²) in [7, 11) is 0. The van der Waals surface area contributed by atoms with Crippen molar-refractivity contribution in [2.24, 2.45) is 0 Å². The Bertz CT molecular complexity index is 324. The largest absolute Gasteiger partial charge is 0.294 e. The van der Waals surface area contributed by atoms with Gasteiger partial charge in [0, 0.05) is 12.0 Å². The first kappa shape index (κ1) is 14.0. The molecule has 0 aliphatic carbocycles. The van der Waals surface area contributed by atoms with E-state index in [9.17, 15) is 4.79 Å². The van der Waals surface area contributed by atoms with E-state index in [1.807, 2.05) is 31.2 Å². The van der Waals surface area contributed by atoms with Gasteiger partial charge < -0.3 is 0 Å². The van der Waals surface area contributed by atoms with Crippen molar-refractivity contribution in [1.29, 1.82) is 0 Å². The van der Waals surface area contributed by atoms with Crippen LogP contribution in [0.3, 0.4) is 0 Å². The minimum Gasteiger partial charge on any atom is -0.294 e. The van der Waals surface area contributed by atoms with Crippen molar-refractivity contribution in [2.45, 2.75) is 58.8 Å². The van der Waals surface area contributed by atoms with Crippen molar-refractivity contribution >= 4 is 5.78 Å². The lowest BCUT2D eigenvalue weighted by Crippen LogP contribution is -1.98. The van der Waals surface area contributed by atoms with Gasteiger partial charge >= 0.3 is 0 Å². The Morgan fingerprint density at radius 1 is 0.941 bits per heavy atom. The smallest absolute Gasteiger partial charge is 0.162 e. The maximum atomic E-state index is 11.8. The Hall–Kier alpha value is -1.11. The van der Waals surface area contributed by atoms with Crippen molar-refractivity contribution < 1.29 is 4.79 Å². The van der Waals surface area contributed by atoms with Gasteiger partial charge in [0.2, 0.25) is 0 Å². The first-order valence-corrected chi connectivity index (χ1v) is 6.84. The van der Waals surface area contributed by atoms with Crippen LogP contribution in [0.2, 0.25) is 0 Å². The number of Topliss-reactive ketones (excluding diaryl/α,β-unsaturated/α-hetero) is 1. The number of hydrogen-bond acceptors (Lipinski definition) is 1. The monoisotopic (exact) mass is 232 g/mol. The summed E-state index contributed by atoms with van der Waals surface area (Å²) < 4.78 is 0. The average Bonchev–Trinajstić information content (AvgIpc) is 2.34. The minimum atomic E-state index is 0.292. The molecule has 17 heavy (non-hydrogen) atoms. The fourth-order valence-corrected chi connectivity index (χ4v) is 1.95. The van der Waals surface area contributed by atoms with Crippen LogP contribution in [0, 0.1) is 6.92 Å². The van der Waals surface area contributed by atoms with Crippen molar-refractivity contribution in [1.82, 2.24) is 0 Å². The third-order valence-electron chi connectivity index (χ3n) is 3.13. The summed E-state index contributed by atoms with van der Waals surface area (Å²) in [5, 5.41) is 0. The van der Waals surface area contributed by atoms with Gasteiger partial charge in [-0.2, -0.15) is 0 Å². The average molecular weight is 232 g/mol. The van der Waals surface area contributed by atoms with Crippen molar-refractivity contribution in [3.05, 3.63) is 35.4 Å². The number of benzene rings is 1. The van der Waals surface area contributed by atoms with Crippen LogP contribution in [-0.4, -0.2) is 5.78 Å². The standard InChI is InChI=1S/C16H24O/c1-3-4-5-6-7-8-9-16(17)15-12-10-14(2)11-13-15/h10-13H,3-9H2,1-2H3. The molecule has 0 saturated heterocycles. The molecule has 1 aromatic rings. The topological polar surface area (TPSA) is 17.1 Å². The van der Waals surface area contributed by atoms with E-state index in [0.717, 1.165) is 12.0 Å². The summed E-state index contributed by atoms with van der Waals surface area (Å²) in [6.45, 7) is 4.27. The lowest BCUT2D eigenvalue weighted by atomic mass is 10.0. The van der Waals surface area contributed by atoms with E-state index in [1.165, 1.54) is 37.7 Å². The first-order chi connectivity index (χ1) is 8.24. The molecular weight excluding hydrogens is 208 g/mol. The van der Waals surface area contributed by atoms with Crippen LogP contribution < -0.4 is 0 Å². The Morgan fingerprint density at radius 3 is 2.18 bits per heavy atom. The zero-order valence-electron chi connectivity index (χ0n) is 11.2. The molecule has 0 spiro atoms. The van der Waals surface area contributed by atoms with E-state index in [2.05, 4.69) is 6.92 Å². The molecule has 0 bridgehead atoms. The highest BCUT2D eigenvalue weighted by atomic mass is 16.1. The molecule has 0 atom stereocenters. The number of ketones is 1. The molecule has 1 heteroatoms. The Balaban J connectivity index is 2.19. The van der Waals surface area contributed by atoms with Gasteiger partial charge in [-0.3, -0.25) is 4.79 Å². The highest BCUT2D eigenvalue weighted by molar-refractivity contribution is 5.96. The van der Waals surface area contributed by atoms with Gasteiger partial charge in [-0.25, -0.2) is 0 Å². The zero-order chi connectivity index (χ0) is 12.5. The molecular formula is C16H24O. The molecule has 0 unspecified atom stereocenters. The minimum absolute atomic E-state index is 0.292. The van der Waals surface area contributed by atoms with Crippen LogP contribution in [0.4, 0.5) is 0 Å². The van der Waals surface area contributed by atoms with Gasteiger partial charge in [0.05, 0.1) is 0 Å². The summed E-state index contributed by atoms with van der Waals surface area (Å²) in [4.78, 5) is 11.8. The Labute approximate surface area is 105 Å². The van der Waals surface area contributed by atoms with Gasteiger partial charge in [-0.05, 0) is 13.3 Å². The third-order valence-corrected chi connectivity index (χ3v) is 3.13. The molecule has 0 aromatic heterocycles. The predicted octanol–water partition coefficient (Wildman–Crippen LogP) is 4.93. The first-order valence-electron chi connectivity index (χ1n) is 6.84. The molecule has 0 aliphatic heterocycles. The predicted molar refractivity (Wildman–Crippen MR) is 73.5 cm³/mol. The summed E-state index contributed by atoms with van der Waals surface area (Å²) in [6, 6.07) is 7.90. The number of unbranched alkanes of at least 4 members (excludes halogenated alkanes) is 5. The molecule has 0 aliphatic rings. The fourth-order valence-electron chi connectivity index (χ4n) is 1.95. The highest BCUT2D eigenvalue weighted by Gasteiger charge is 2.04. The number of aryl methyl sites for hydroxylation is 1. The van der Waals surface area contributed by atoms with Crippen LogP contribution in [0.25, 0.3) is 0 Å². The normalized spacial score (nSPS) is 10.5. The fraction of sp³-hybridized carbons (Fsp3) is 0.562. The molecule has 1 aromatic carbocycles. The van der Waals surface area contributed by atoms with Crippen molar-refractivity contribution in [2.75, 3.05) is 0 Å². The van der Waals surface area contributed by atoms with E-state index >= 15 is 0 Å². The van der Waals surface area contributed by atoms with Crippen LogP contribution >= 0.6 is 0 Å². The second-order valence-electron chi connectivity index (χ2n) is 4.81. The molecule has 0 radical (unpaired) electrons. The summed E-state index contributed by atoms with van der Waals surface area (Å²) in [5.41, 5.74) is 2.07. The van der Waals surface area contributed by atoms with Gasteiger partial charge in [0.15, 0.2) is 5.78 Å². The molecule has 94 valence electrons. The molecule has 0 N–H and O–H groups in total. The van der Waals surface area contributed by atoms with Crippen molar-refractivity contribution in [3.8, 4) is 0 Å². The maximum Gasteiger partial charge on any atom is 0.162 e. The van der Waals surface area contributed by atoms with E-state index in [1.54, 1.807) is 0 Å². The second kappa shape index (κ2) is 8.05. The molecule has 0 fully saturated rings. The Morgan fingerprint density at radius 2 is 1.53 bits per heavy atom. The SMILES string of the molecule is CCCCCCCCC(=O)c1ccc(C)cc1. The van der Waals surface area contributed by atoms with Gasteiger partial charge in [-0.1, -0.05) is 68.9 Å². The van der Waals surface area contributed by atoms with Gasteiger partial charge in [0.1, 0.15) is 0 Å². The summed E-state index contributed by atoms with van der Waals surface area (Å²) >= 11 is 0.